The maximum Gasteiger partial charge on any atom is 0.131 e. The van der Waals surface area contributed by atoms with E-state index in [1.54, 1.807) is 11.3 Å². The van der Waals surface area contributed by atoms with Gasteiger partial charge in [-0.05, 0) is 43.1 Å². The van der Waals surface area contributed by atoms with Crippen LogP contribution in [0.5, 0.6) is 5.75 Å². The molecule has 2 aromatic rings. The van der Waals surface area contributed by atoms with Crippen LogP contribution in [0.2, 0.25) is 5.02 Å². The molecule has 1 heterocycles. The Morgan fingerprint density at radius 2 is 2.26 bits per heavy atom. The van der Waals surface area contributed by atoms with Crippen molar-refractivity contribution in [1.29, 1.82) is 0 Å². The summed E-state index contributed by atoms with van der Waals surface area (Å²) in [6, 6.07) is 5.62. The van der Waals surface area contributed by atoms with Crippen molar-refractivity contribution in [1.82, 2.24) is 4.98 Å². The third kappa shape index (κ3) is 3.93. The molecule has 3 nitrogen and oxygen atoms in total. The molecule has 0 atom stereocenters. The fourth-order valence-corrected chi connectivity index (χ4v) is 2.69. The minimum Gasteiger partial charge on any atom is -0.487 e. The maximum absolute atomic E-state index is 5.98. The van der Waals surface area contributed by atoms with Crippen molar-refractivity contribution >= 4 is 22.9 Å². The molecule has 0 spiro atoms. The van der Waals surface area contributed by atoms with Crippen molar-refractivity contribution in [3.8, 4) is 5.75 Å². The number of nitrogens with two attached hydrogens (primary N) is 1. The lowest BCUT2D eigenvalue weighted by Crippen LogP contribution is -2.05. The van der Waals surface area contributed by atoms with E-state index in [0.29, 0.717) is 18.2 Å². The van der Waals surface area contributed by atoms with Crippen LogP contribution in [0, 0.1) is 0 Å². The van der Waals surface area contributed by atoms with Crippen molar-refractivity contribution in [2.75, 3.05) is 6.54 Å². The molecule has 0 amide bonds. The second kappa shape index (κ2) is 6.89. The molecule has 1 aromatic carbocycles. The Balaban J connectivity index is 2.05. The first-order valence-electron chi connectivity index (χ1n) is 6.27. The van der Waals surface area contributed by atoms with Crippen molar-refractivity contribution in [2.45, 2.75) is 26.4 Å². The highest BCUT2D eigenvalue weighted by atomic mass is 35.5. The van der Waals surface area contributed by atoms with E-state index >= 15 is 0 Å². The fourth-order valence-electron chi connectivity index (χ4n) is 1.77. The van der Waals surface area contributed by atoms with E-state index in [2.05, 4.69) is 11.9 Å². The smallest absolute Gasteiger partial charge is 0.131 e. The van der Waals surface area contributed by atoms with E-state index in [4.69, 9.17) is 22.1 Å². The normalized spacial score (nSPS) is 10.7. The van der Waals surface area contributed by atoms with Crippen molar-refractivity contribution in [3.05, 3.63) is 44.9 Å². The number of thiazole rings is 1. The molecule has 0 bridgehead atoms. The van der Waals surface area contributed by atoms with Gasteiger partial charge in [0.25, 0.3) is 0 Å². The number of aromatic nitrogens is 1. The Morgan fingerprint density at radius 1 is 1.42 bits per heavy atom. The summed E-state index contributed by atoms with van der Waals surface area (Å²) in [4.78, 5) is 4.48. The summed E-state index contributed by atoms with van der Waals surface area (Å²) < 4.78 is 5.82. The van der Waals surface area contributed by atoms with Gasteiger partial charge in [0.05, 0.1) is 10.7 Å². The highest BCUT2D eigenvalue weighted by molar-refractivity contribution is 7.09. The fraction of sp³-hybridized carbons (Fsp3) is 0.357. The molecule has 102 valence electrons. The van der Waals surface area contributed by atoms with Gasteiger partial charge in [-0.25, -0.2) is 4.98 Å². The first-order valence-corrected chi connectivity index (χ1v) is 7.53. The van der Waals surface area contributed by atoms with Gasteiger partial charge in [0.15, 0.2) is 0 Å². The molecule has 5 heteroatoms. The van der Waals surface area contributed by atoms with Gasteiger partial charge in [-0.1, -0.05) is 18.5 Å². The summed E-state index contributed by atoms with van der Waals surface area (Å²) in [5, 5.41) is 3.88. The Kier molecular flexibility index (Phi) is 5.19. The van der Waals surface area contributed by atoms with Crippen LogP contribution in [-0.2, 0) is 19.4 Å². The SMILES string of the molecule is CCc1nc(COc2ccc(Cl)cc2CCN)cs1. The van der Waals surface area contributed by atoms with Crippen LogP contribution in [0.1, 0.15) is 23.2 Å². The highest BCUT2D eigenvalue weighted by Crippen LogP contribution is 2.24. The van der Waals surface area contributed by atoms with Gasteiger partial charge in [0.2, 0.25) is 0 Å². The first kappa shape index (κ1) is 14.3. The molecule has 0 unspecified atom stereocenters. The summed E-state index contributed by atoms with van der Waals surface area (Å²) in [6.45, 7) is 3.16. The summed E-state index contributed by atoms with van der Waals surface area (Å²) in [7, 11) is 0. The Morgan fingerprint density at radius 3 is 2.95 bits per heavy atom. The molecule has 0 fully saturated rings. The summed E-state index contributed by atoms with van der Waals surface area (Å²) in [5.74, 6) is 0.834. The second-order valence-corrected chi connectivity index (χ2v) is 5.54. The van der Waals surface area contributed by atoms with Crippen molar-refractivity contribution < 1.29 is 4.74 Å². The molecule has 0 radical (unpaired) electrons. The van der Waals surface area contributed by atoms with Gasteiger partial charge >= 0.3 is 0 Å². The molecule has 0 aliphatic heterocycles. The topological polar surface area (TPSA) is 48.1 Å². The number of rotatable bonds is 6. The molecular weight excluding hydrogens is 280 g/mol. The van der Waals surface area contributed by atoms with Gasteiger partial charge in [0, 0.05) is 10.4 Å². The van der Waals surface area contributed by atoms with Crippen molar-refractivity contribution in [2.24, 2.45) is 5.73 Å². The Labute approximate surface area is 122 Å². The van der Waals surface area contributed by atoms with Crippen LogP contribution in [0.4, 0.5) is 0 Å². The third-order valence-electron chi connectivity index (χ3n) is 2.71. The minimum atomic E-state index is 0.482. The average molecular weight is 297 g/mol. The molecule has 0 aliphatic rings. The lowest BCUT2D eigenvalue weighted by atomic mass is 10.1. The summed E-state index contributed by atoms with van der Waals surface area (Å²) in [5.41, 5.74) is 7.61. The third-order valence-corrected chi connectivity index (χ3v) is 3.99. The van der Waals surface area contributed by atoms with Crippen LogP contribution in [0.3, 0.4) is 0 Å². The zero-order valence-corrected chi connectivity index (χ0v) is 12.4. The van der Waals surface area contributed by atoms with E-state index in [1.165, 1.54) is 0 Å². The zero-order chi connectivity index (χ0) is 13.7. The predicted octanol–water partition coefficient (Wildman–Crippen LogP) is 3.44. The Bertz CT molecular complexity index is 542. The van der Waals surface area contributed by atoms with Gasteiger partial charge in [-0.2, -0.15) is 0 Å². The predicted molar refractivity (Wildman–Crippen MR) is 80.0 cm³/mol. The largest absolute Gasteiger partial charge is 0.487 e. The molecule has 0 saturated carbocycles. The molecule has 2 N–H and O–H groups in total. The van der Waals surface area contributed by atoms with Crippen LogP contribution < -0.4 is 10.5 Å². The first-order chi connectivity index (χ1) is 9.22. The standard InChI is InChI=1S/C14H17ClN2OS/c1-2-14-17-12(9-19-14)8-18-13-4-3-11(15)7-10(13)5-6-16/h3-4,7,9H,2,5-6,8,16H2,1H3. The quantitative estimate of drug-likeness (QED) is 0.888. The van der Waals surface area contributed by atoms with Gasteiger partial charge < -0.3 is 10.5 Å². The van der Waals surface area contributed by atoms with E-state index < -0.39 is 0 Å². The van der Waals surface area contributed by atoms with E-state index in [1.807, 2.05) is 23.6 Å². The monoisotopic (exact) mass is 296 g/mol. The van der Waals surface area contributed by atoms with Gasteiger partial charge in [-0.3, -0.25) is 0 Å². The number of hydrogen-bond donors (Lipinski definition) is 1. The molecule has 0 aliphatic carbocycles. The molecule has 1 aromatic heterocycles. The zero-order valence-electron chi connectivity index (χ0n) is 10.9. The second-order valence-electron chi connectivity index (χ2n) is 4.17. The van der Waals surface area contributed by atoms with Gasteiger partial charge in [-0.15, -0.1) is 11.3 Å². The number of halogens is 1. The van der Waals surface area contributed by atoms with Crippen LogP contribution in [0.15, 0.2) is 23.6 Å². The number of nitrogens with zero attached hydrogens (tertiary/aromatic N) is 1. The van der Waals surface area contributed by atoms with E-state index in [9.17, 15) is 0 Å². The number of ether oxygens (including phenoxy) is 1. The molecular formula is C14H17ClN2OS. The van der Waals surface area contributed by atoms with Crippen LogP contribution in [-0.4, -0.2) is 11.5 Å². The number of aryl methyl sites for hydroxylation is 1. The van der Waals surface area contributed by atoms with Crippen molar-refractivity contribution in [3.63, 3.8) is 0 Å². The van der Waals surface area contributed by atoms with Gasteiger partial charge in [0.1, 0.15) is 12.4 Å². The molecule has 0 saturated heterocycles. The van der Waals surface area contributed by atoms with E-state index in [0.717, 1.165) is 34.9 Å². The lowest BCUT2D eigenvalue weighted by Gasteiger charge is -2.10. The number of benzene rings is 1. The minimum absolute atomic E-state index is 0.482. The maximum atomic E-state index is 5.98. The number of hydrogen-bond acceptors (Lipinski definition) is 4. The Hall–Kier alpha value is -1.10. The molecule has 2 rings (SSSR count). The highest BCUT2D eigenvalue weighted by Gasteiger charge is 2.06. The van der Waals surface area contributed by atoms with E-state index in [-0.39, 0.29) is 0 Å². The summed E-state index contributed by atoms with van der Waals surface area (Å²) in [6.07, 6.45) is 1.72. The molecule has 19 heavy (non-hydrogen) atoms. The average Bonchev–Trinajstić information content (AvgIpc) is 2.86. The van der Waals surface area contributed by atoms with Crippen LogP contribution >= 0.6 is 22.9 Å². The van der Waals surface area contributed by atoms with Crippen LogP contribution in [0.25, 0.3) is 0 Å². The summed E-state index contributed by atoms with van der Waals surface area (Å²) >= 11 is 7.65. The lowest BCUT2D eigenvalue weighted by molar-refractivity contribution is 0.299.